The molecule has 2 saturated heterocycles. The Hall–Kier alpha value is -5.18. The van der Waals surface area contributed by atoms with Crippen molar-refractivity contribution in [1.29, 1.82) is 0 Å². The lowest BCUT2D eigenvalue weighted by atomic mass is 9.85. The fraction of sp³-hybridized carbons (Fsp3) is 0.468. The number of nitrogens with one attached hydrogen (secondary N) is 3. The van der Waals surface area contributed by atoms with E-state index < -0.39 is 35.3 Å². The summed E-state index contributed by atoms with van der Waals surface area (Å²) in [5.41, 5.74) is 6.65. The summed E-state index contributed by atoms with van der Waals surface area (Å²) in [6.07, 6.45) is 1.17. The molecule has 326 valence electrons. The molecule has 2 aliphatic heterocycles. The van der Waals surface area contributed by atoms with Crippen molar-refractivity contribution in [3.05, 3.63) is 106 Å². The standard InChI is InChI=1S/C47H59FN6O6S/c1-28-38(48)19-33(20-40(28)56)15-17-53-18-16-34(25-53)22-41(57)49-24-32-9-7-31(8-10-32)21-42(58)52-44(47(4,5)6)46(60)54-26-37(55)23-39(54)45(59)51-29(2)35-11-13-36(14-12-35)43-30(3)50-27-61-43/h7-14,19-20,27,29,34,37,39,44,55-56H,15-18,21-26H2,1-6H3,(H,49,57)(H,51,59)(H,52,58)/t29-,34-,37+,39-,44+/m0/s1. The highest BCUT2D eigenvalue weighted by molar-refractivity contribution is 7.13. The predicted molar refractivity (Wildman–Crippen MR) is 234 cm³/mol. The first-order valence-corrected chi connectivity index (χ1v) is 22.0. The largest absolute Gasteiger partial charge is 0.508 e. The van der Waals surface area contributed by atoms with Crippen LogP contribution < -0.4 is 16.0 Å². The Balaban J connectivity index is 0.960. The normalized spacial score (nSPS) is 19.1. The van der Waals surface area contributed by atoms with Crippen LogP contribution in [-0.2, 0) is 38.6 Å². The monoisotopic (exact) mass is 854 g/mol. The number of phenolic OH excluding ortho intramolecular Hbond substituents is 1. The van der Waals surface area contributed by atoms with Crippen molar-refractivity contribution in [3.8, 4) is 16.2 Å². The molecule has 61 heavy (non-hydrogen) atoms. The summed E-state index contributed by atoms with van der Waals surface area (Å²) in [5, 5.41) is 29.6. The van der Waals surface area contributed by atoms with Crippen LogP contribution >= 0.6 is 11.3 Å². The van der Waals surface area contributed by atoms with Gasteiger partial charge in [-0.05, 0) is 91.4 Å². The number of aromatic hydroxyl groups is 1. The third-order valence-electron chi connectivity index (χ3n) is 11.9. The molecule has 4 amide bonds. The molecule has 4 aromatic rings. The summed E-state index contributed by atoms with van der Waals surface area (Å²) < 4.78 is 14.0. The number of halogens is 1. The Labute approximate surface area is 362 Å². The lowest BCUT2D eigenvalue weighted by molar-refractivity contribution is -0.144. The van der Waals surface area contributed by atoms with E-state index in [1.807, 2.05) is 88.7 Å². The molecule has 5 N–H and O–H groups in total. The van der Waals surface area contributed by atoms with Crippen molar-refractivity contribution in [3.63, 3.8) is 0 Å². The van der Waals surface area contributed by atoms with Crippen LogP contribution in [0.4, 0.5) is 4.39 Å². The molecule has 1 aromatic heterocycles. The minimum Gasteiger partial charge on any atom is -0.508 e. The Morgan fingerprint density at radius 2 is 1.66 bits per heavy atom. The van der Waals surface area contributed by atoms with E-state index in [9.17, 15) is 33.8 Å². The predicted octanol–water partition coefficient (Wildman–Crippen LogP) is 5.76. The number of thiazole rings is 1. The van der Waals surface area contributed by atoms with Gasteiger partial charge in [0.05, 0.1) is 34.6 Å². The third-order valence-corrected chi connectivity index (χ3v) is 12.9. The van der Waals surface area contributed by atoms with E-state index in [1.165, 1.54) is 11.0 Å². The summed E-state index contributed by atoms with van der Waals surface area (Å²) in [7, 11) is 0. The lowest BCUT2D eigenvalue weighted by Crippen LogP contribution is -2.58. The molecule has 0 unspecified atom stereocenters. The quantitative estimate of drug-likeness (QED) is 0.101. The zero-order valence-corrected chi connectivity index (χ0v) is 36.8. The number of β-amino-alcohol motifs (C(OH)–C–C–N with tert-alkyl or cyclic N) is 1. The van der Waals surface area contributed by atoms with Crippen molar-refractivity contribution < 1.29 is 33.8 Å². The van der Waals surface area contributed by atoms with Crippen LogP contribution in [0, 0.1) is 31.0 Å². The second-order valence-corrected chi connectivity index (χ2v) is 18.6. The number of aryl methyl sites for hydroxylation is 1. The minimum absolute atomic E-state index is 0.0156. The molecule has 0 saturated carbocycles. The molecular weight excluding hydrogens is 796 g/mol. The van der Waals surface area contributed by atoms with Gasteiger partial charge in [0, 0.05) is 44.6 Å². The Bertz CT molecular complexity index is 2170. The highest BCUT2D eigenvalue weighted by atomic mass is 32.1. The number of likely N-dealkylation sites (tertiary alicyclic amines) is 2. The van der Waals surface area contributed by atoms with E-state index in [0.717, 1.165) is 64.4 Å². The average molecular weight is 855 g/mol. The zero-order chi connectivity index (χ0) is 44.0. The maximum Gasteiger partial charge on any atom is 0.246 e. The van der Waals surface area contributed by atoms with Crippen LogP contribution in [0.1, 0.15) is 86.5 Å². The number of nitrogens with zero attached hydrogens (tertiary/aromatic N) is 3. The summed E-state index contributed by atoms with van der Waals surface area (Å²) >= 11 is 1.57. The molecule has 5 atom stereocenters. The summed E-state index contributed by atoms with van der Waals surface area (Å²) in [4.78, 5) is 63.1. The van der Waals surface area contributed by atoms with Gasteiger partial charge in [0.15, 0.2) is 0 Å². The molecule has 3 aromatic carbocycles. The highest BCUT2D eigenvalue weighted by Gasteiger charge is 2.44. The van der Waals surface area contributed by atoms with E-state index in [2.05, 4.69) is 25.8 Å². The van der Waals surface area contributed by atoms with Crippen molar-refractivity contribution in [1.82, 2.24) is 30.7 Å². The van der Waals surface area contributed by atoms with Crippen LogP contribution in [0.3, 0.4) is 0 Å². The van der Waals surface area contributed by atoms with Gasteiger partial charge in [0.2, 0.25) is 23.6 Å². The lowest BCUT2D eigenvalue weighted by Gasteiger charge is -2.35. The van der Waals surface area contributed by atoms with Gasteiger partial charge in [-0.1, -0.05) is 69.3 Å². The van der Waals surface area contributed by atoms with Gasteiger partial charge in [-0.2, -0.15) is 0 Å². The SMILES string of the molecule is Cc1ncsc1-c1ccc([C@H](C)NC(=O)[C@@H]2C[C@@H](O)CN2C(=O)[C@@H](NC(=O)Cc2ccc(CNC(=O)C[C@@H]3CCN(CCc4cc(O)c(C)c(F)c4)C3)cc2)C(C)(C)C)cc1. The number of phenols is 1. The first-order valence-electron chi connectivity index (χ1n) is 21.1. The number of benzene rings is 3. The zero-order valence-electron chi connectivity index (χ0n) is 36.0. The Morgan fingerprint density at radius 1 is 0.951 bits per heavy atom. The summed E-state index contributed by atoms with van der Waals surface area (Å²) in [6, 6.07) is 16.2. The van der Waals surface area contributed by atoms with E-state index in [4.69, 9.17) is 0 Å². The number of carbonyl (C=O) groups excluding carboxylic acids is 4. The third kappa shape index (κ3) is 11.8. The number of aliphatic hydroxyl groups is 1. The van der Waals surface area contributed by atoms with Crippen LogP contribution in [0.15, 0.2) is 66.2 Å². The molecule has 0 radical (unpaired) electrons. The van der Waals surface area contributed by atoms with Crippen molar-refractivity contribution in [2.24, 2.45) is 11.3 Å². The van der Waals surface area contributed by atoms with Gasteiger partial charge in [-0.3, -0.25) is 19.2 Å². The molecule has 6 rings (SSSR count). The van der Waals surface area contributed by atoms with Crippen molar-refractivity contribution in [2.45, 2.75) is 104 Å². The second-order valence-electron chi connectivity index (χ2n) is 17.8. The number of aliphatic hydroxyl groups excluding tert-OH is 1. The van der Waals surface area contributed by atoms with E-state index >= 15 is 0 Å². The number of aromatic nitrogens is 1. The first kappa shape index (κ1) is 45.3. The second kappa shape index (κ2) is 19.7. The van der Waals surface area contributed by atoms with Crippen LogP contribution in [0.2, 0.25) is 0 Å². The van der Waals surface area contributed by atoms with E-state index in [-0.39, 0.29) is 60.4 Å². The van der Waals surface area contributed by atoms with Gasteiger partial charge in [-0.15, -0.1) is 11.3 Å². The van der Waals surface area contributed by atoms with Crippen LogP contribution in [0.5, 0.6) is 5.75 Å². The molecule has 2 fully saturated rings. The molecule has 2 aliphatic rings. The average Bonchev–Trinajstić information content (AvgIpc) is 3.97. The maximum absolute atomic E-state index is 14.1. The maximum atomic E-state index is 14.1. The Kier molecular flexibility index (Phi) is 14.6. The number of carbonyl (C=O) groups is 4. The number of rotatable bonds is 15. The number of hydrogen-bond acceptors (Lipinski definition) is 9. The fourth-order valence-electron chi connectivity index (χ4n) is 8.16. The van der Waals surface area contributed by atoms with E-state index in [1.54, 1.807) is 24.3 Å². The highest BCUT2D eigenvalue weighted by Crippen LogP contribution is 2.30. The van der Waals surface area contributed by atoms with Gasteiger partial charge in [-0.25, -0.2) is 9.37 Å². The molecule has 0 spiro atoms. The summed E-state index contributed by atoms with van der Waals surface area (Å²) in [6.45, 7) is 13.7. The molecule has 0 bridgehead atoms. The topological polar surface area (TPSA) is 164 Å². The molecular formula is C47H59FN6O6S. The van der Waals surface area contributed by atoms with Crippen molar-refractivity contribution in [2.75, 3.05) is 26.2 Å². The van der Waals surface area contributed by atoms with Gasteiger partial charge in [0.25, 0.3) is 0 Å². The smallest absolute Gasteiger partial charge is 0.246 e. The molecule has 0 aliphatic carbocycles. The molecule has 3 heterocycles. The number of hydrogen-bond donors (Lipinski definition) is 5. The summed E-state index contributed by atoms with van der Waals surface area (Å²) in [5.74, 6) is -1.39. The van der Waals surface area contributed by atoms with E-state index in [0.29, 0.717) is 19.4 Å². The van der Waals surface area contributed by atoms with Gasteiger partial charge in [0.1, 0.15) is 23.7 Å². The van der Waals surface area contributed by atoms with Crippen molar-refractivity contribution >= 4 is 35.0 Å². The molecule has 14 heteroatoms. The number of amides is 4. The van der Waals surface area contributed by atoms with Gasteiger partial charge >= 0.3 is 0 Å². The van der Waals surface area contributed by atoms with Crippen LogP contribution in [-0.4, -0.2) is 93.0 Å². The Morgan fingerprint density at radius 3 is 2.31 bits per heavy atom. The molecule has 12 nitrogen and oxygen atoms in total. The minimum atomic E-state index is -0.950. The fourth-order valence-corrected chi connectivity index (χ4v) is 8.97. The first-order chi connectivity index (χ1) is 28.9. The van der Waals surface area contributed by atoms with Crippen LogP contribution in [0.25, 0.3) is 10.4 Å². The van der Waals surface area contributed by atoms with Gasteiger partial charge < -0.3 is 36.0 Å².